The monoisotopic (exact) mass is 313 g/mol. The van der Waals surface area contributed by atoms with Crippen molar-refractivity contribution < 1.29 is 17.9 Å². The summed E-state index contributed by atoms with van der Waals surface area (Å²) in [6.45, 7) is 4.35. The molecule has 0 aliphatic carbocycles. The second-order valence-electron chi connectivity index (χ2n) is 5.48. The van der Waals surface area contributed by atoms with E-state index in [0.29, 0.717) is 23.9 Å². The van der Waals surface area contributed by atoms with Crippen molar-refractivity contribution in [2.75, 3.05) is 30.8 Å². The van der Waals surface area contributed by atoms with Crippen LogP contribution in [0.2, 0.25) is 0 Å². The lowest BCUT2D eigenvalue weighted by molar-refractivity contribution is 0.136. The highest BCUT2D eigenvalue weighted by atomic mass is 32.2. The predicted molar refractivity (Wildman–Crippen MR) is 83.6 cm³/mol. The van der Waals surface area contributed by atoms with Gasteiger partial charge in [0.1, 0.15) is 5.75 Å². The highest BCUT2D eigenvalue weighted by Gasteiger charge is 2.33. The van der Waals surface area contributed by atoms with Gasteiger partial charge in [0.25, 0.3) is 0 Å². The zero-order chi connectivity index (χ0) is 15.6. The second kappa shape index (κ2) is 6.23. The summed E-state index contributed by atoms with van der Waals surface area (Å²) in [5, 5.41) is 0. The first kappa shape index (κ1) is 16.1. The number of sulfonamides is 1. The van der Waals surface area contributed by atoms with Crippen LogP contribution in [0.5, 0.6) is 5.75 Å². The molecule has 2 rings (SSSR count). The molecule has 2 unspecified atom stereocenters. The van der Waals surface area contributed by atoms with Crippen molar-refractivity contribution in [3.63, 3.8) is 0 Å². The molecule has 118 valence electrons. The van der Waals surface area contributed by atoms with E-state index in [0.717, 1.165) is 12.0 Å². The normalized spacial score (nSPS) is 20.0. The van der Waals surface area contributed by atoms with Crippen molar-refractivity contribution in [3.05, 3.63) is 23.8 Å². The van der Waals surface area contributed by atoms with E-state index >= 15 is 0 Å². The minimum atomic E-state index is -3.44. The average Bonchev–Trinajstić information content (AvgIpc) is 2.46. The molecular weight excluding hydrogens is 290 g/mol. The van der Waals surface area contributed by atoms with Crippen LogP contribution in [0.4, 0.5) is 5.69 Å². The van der Waals surface area contributed by atoms with Gasteiger partial charge in [-0.15, -0.1) is 0 Å². The molecule has 0 bridgehead atoms. The Morgan fingerprint density at radius 3 is 2.71 bits per heavy atom. The zero-order valence-electron chi connectivity index (χ0n) is 13.0. The first-order chi connectivity index (χ1) is 9.90. The summed E-state index contributed by atoms with van der Waals surface area (Å²) in [6.07, 6.45) is 0.466. The maximum atomic E-state index is 12.7. The van der Waals surface area contributed by atoms with Crippen LogP contribution in [-0.2, 0) is 14.8 Å². The number of ether oxygens (including phenoxy) is 2. The van der Waals surface area contributed by atoms with Gasteiger partial charge in [0, 0.05) is 13.7 Å². The number of fused-ring (bicyclic) bond motifs is 1. The minimum absolute atomic E-state index is 0.0324. The van der Waals surface area contributed by atoms with Crippen LogP contribution in [0.1, 0.15) is 31.7 Å². The lowest BCUT2D eigenvalue weighted by atomic mass is 9.92. The molecule has 0 N–H and O–H groups in total. The van der Waals surface area contributed by atoms with E-state index < -0.39 is 10.0 Å². The number of hydrogen-bond donors (Lipinski definition) is 0. The lowest BCUT2D eigenvalue weighted by Crippen LogP contribution is -2.40. The van der Waals surface area contributed by atoms with Crippen LogP contribution in [0.15, 0.2) is 18.2 Å². The molecule has 1 aromatic carbocycles. The topological polar surface area (TPSA) is 55.8 Å². The highest BCUT2D eigenvalue weighted by Crippen LogP contribution is 2.42. The summed E-state index contributed by atoms with van der Waals surface area (Å²) in [7, 11) is -0.348. The number of benzene rings is 1. The molecular formula is C15H23NO4S. The summed E-state index contributed by atoms with van der Waals surface area (Å²) in [6, 6.07) is 5.69. The Labute approximate surface area is 126 Å². The summed E-state index contributed by atoms with van der Waals surface area (Å²) in [5.41, 5.74) is 1.70. The third-order valence-electron chi connectivity index (χ3n) is 3.98. The van der Waals surface area contributed by atoms with Gasteiger partial charge in [-0.25, -0.2) is 8.42 Å². The zero-order valence-corrected chi connectivity index (χ0v) is 13.8. The standard InChI is InChI=1S/C15H23NO4S/c1-11-8-9-16(21(17,18)10-12(2)19-3)15-13(11)6-5-7-14(15)20-4/h5-7,11-12H,8-10H2,1-4H3. The molecule has 1 heterocycles. The Bertz CT molecular complexity index is 600. The molecule has 0 fully saturated rings. The molecule has 6 heteroatoms. The fourth-order valence-corrected chi connectivity index (χ4v) is 4.45. The number of para-hydroxylation sites is 1. The van der Waals surface area contributed by atoms with Gasteiger partial charge in [0.2, 0.25) is 10.0 Å². The van der Waals surface area contributed by atoms with Crippen LogP contribution < -0.4 is 9.04 Å². The maximum absolute atomic E-state index is 12.7. The molecule has 0 spiro atoms. The van der Waals surface area contributed by atoms with Gasteiger partial charge in [-0.2, -0.15) is 0 Å². The van der Waals surface area contributed by atoms with Crippen molar-refractivity contribution in [2.45, 2.75) is 32.3 Å². The van der Waals surface area contributed by atoms with E-state index in [1.54, 1.807) is 20.1 Å². The van der Waals surface area contributed by atoms with E-state index in [9.17, 15) is 8.42 Å². The molecule has 2 atom stereocenters. The van der Waals surface area contributed by atoms with E-state index in [1.165, 1.54) is 11.4 Å². The summed E-state index contributed by atoms with van der Waals surface area (Å²) >= 11 is 0. The molecule has 0 saturated carbocycles. The van der Waals surface area contributed by atoms with Crippen LogP contribution in [0, 0.1) is 0 Å². The Morgan fingerprint density at radius 1 is 1.38 bits per heavy atom. The third kappa shape index (κ3) is 3.16. The number of methoxy groups -OCH3 is 2. The third-order valence-corrected chi connectivity index (χ3v) is 5.91. The van der Waals surface area contributed by atoms with Crippen molar-refractivity contribution >= 4 is 15.7 Å². The van der Waals surface area contributed by atoms with Crippen molar-refractivity contribution in [2.24, 2.45) is 0 Å². The minimum Gasteiger partial charge on any atom is -0.495 e. The molecule has 5 nitrogen and oxygen atoms in total. The summed E-state index contributed by atoms with van der Waals surface area (Å²) in [5.74, 6) is 0.893. The number of rotatable bonds is 5. The van der Waals surface area contributed by atoms with Gasteiger partial charge in [-0.05, 0) is 30.9 Å². The number of nitrogens with zero attached hydrogens (tertiary/aromatic N) is 1. The fraction of sp³-hybridized carbons (Fsp3) is 0.600. The van der Waals surface area contributed by atoms with Crippen LogP contribution >= 0.6 is 0 Å². The Morgan fingerprint density at radius 2 is 2.10 bits per heavy atom. The predicted octanol–water partition coefficient (Wildman–Crippen LogP) is 2.37. The molecule has 0 amide bonds. The molecule has 21 heavy (non-hydrogen) atoms. The first-order valence-corrected chi connectivity index (χ1v) is 8.71. The van der Waals surface area contributed by atoms with Crippen molar-refractivity contribution in [1.82, 2.24) is 0 Å². The van der Waals surface area contributed by atoms with Gasteiger partial charge < -0.3 is 9.47 Å². The molecule has 1 aliphatic rings. The fourth-order valence-electron chi connectivity index (χ4n) is 2.68. The highest BCUT2D eigenvalue weighted by molar-refractivity contribution is 7.92. The number of anilines is 1. The Kier molecular flexibility index (Phi) is 4.78. The van der Waals surface area contributed by atoms with E-state index in [1.807, 2.05) is 12.1 Å². The molecule has 0 saturated heterocycles. The van der Waals surface area contributed by atoms with Gasteiger partial charge in [-0.3, -0.25) is 4.31 Å². The van der Waals surface area contributed by atoms with E-state index in [4.69, 9.17) is 9.47 Å². The second-order valence-corrected chi connectivity index (χ2v) is 7.42. The smallest absolute Gasteiger partial charge is 0.237 e. The van der Waals surface area contributed by atoms with Gasteiger partial charge in [0.15, 0.2) is 0 Å². The van der Waals surface area contributed by atoms with Gasteiger partial charge in [0.05, 0.1) is 24.7 Å². The maximum Gasteiger partial charge on any atom is 0.237 e. The quantitative estimate of drug-likeness (QED) is 0.837. The average molecular weight is 313 g/mol. The van der Waals surface area contributed by atoms with Crippen LogP contribution in [0.3, 0.4) is 0 Å². The summed E-state index contributed by atoms with van der Waals surface area (Å²) < 4.78 is 37.3. The Balaban J connectivity index is 2.47. The molecule has 1 aliphatic heterocycles. The molecule has 0 aromatic heterocycles. The van der Waals surface area contributed by atoms with Crippen LogP contribution in [-0.4, -0.2) is 41.0 Å². The van der Waals surface area contributed by atoms with Crippen molar-refractivity contribution in [3.8, 4) is 5.75 Å². The van der Waals surface area contributed by atoms with E-state index in [2.05, 4.69) is 6.92 Å². The molecule has 0 radical (unpaired) electrons. The SMILES string of the molecule is COc1cccc2c1N(S(=O)(=O)CC(C)OC)CCC2C. The van der Waals surface area contributed by atoms with Gasteiger partial charge >= 0.3 is 0 Å². The van der Waals surface area contributed by atoms with Crippen LogP contribution in [0.25, 0.3) is 0 Å². The van der Waals surface area contributed by atoms with Gasteiger partial charge in [-0.1, -0.05) is 19.1 Å². The first-order valence-electron chi connectivity index (χ1n) is 7.10. The van der Waals surface area contributed by atoms with E-state index in [-0.39, 0.29) is 11.9 Å². The Hall–Kier alpha value is -1.27. The summed E-state index contributed by atoms with van der Waals surface area (Å²) in [4.78, 5) is 0. The molecule has 1 aromatic rings. The lowest BCUT2D eigenvalue weighted by Gasteiger charge is -2.35. The van der Waals surface area contributed by atoms with Crippen molar-refractivity contribution in [1.29, 1.82) is 0 Å². The largest absolute Gasteiger partial charge is 0.495 e. The number of hydrogen-bond acceptors (Lipinski definition) is 4.